The van der Waals surface area contributed by atoms with Gasteiger partial charge in [-0.1, -0.05) is 57.7 Å². The van der Waals surface area contributed by atoms with E-state index >= 15 is 0 Å². The Kier molecular flexibility index (Phi) is 13.8. The van der Waals surface area contributed by atoms with E-state index < -0.39 is 11.9 Å². The molecular weight excluding hydrogens is 548 g/mol. The predicted molar refractivity (Wildman–Crippen MR) is 164 cm³/mol. The smallest absolute Gasteiger partial charge is 0.343 e. The number of hydrogen-bond acceptors (Lipinski definition) is 8. The quantitative estimate of drug-likeness (QED) is 0.0651. The highest BCUT2D eigenvalue weighted by molar-refractivity contribution is 5.93. The monoisotopic (exact) mass is 588 g/mol. The topological polar surface area (TPSA) is 97.4 Å². The number of rotatable bonds is 18. The Morgan fingerprint density at radius 1 is 0.674 bits per heavy atom. The minimum atomic E-state index is -0.560. The third-order valence-electron chi connectivity index (χ3n) is 6.70. The second kappa shape index (κ2) is 18.1. The van der Waals surface area contributed by atoms with Gasteiger partial charge < -0.3 is 23.7 Å². The predicted octanol–water partition coefficient (Wildman–Crippen LogP) is 7.53. The maximum Gasteiger partial charge on any atom is 0.343 e. The van der Waals surface area contributed by atoms with Crippen LogP contribution in [0, 0.1) is 0 Å². The molecule has 8 nitrogen and oxygen atoms in total. The Morgan fingerprint density at radius 3 is 1.79 bits per heavy atom. The second-order valence-corrected chi connectivity index (χ2v) is 9.86. The molecule has 0 bridgehead atoms. The molecule has 0 radical (unpaired) electrons. The van der Waals surface area contributed by atoms with Crippen LogP contribution in [0.15, 0.2) is 79.4 Å². The van der Waals surface area contributed by atoms with Crippen LogP contribution in [-0.4, -0.2) is 38.2 Å². The fourth-order valence-corrected chi connectivity index (χ4v) is 4.20. The van der Waals surface area contributed by atoms with Gasteiger partial charge in [-0.05, 0) is 79.4 Å². The lowest BCUT2D eigenvalue weighted by Crippen LogP contribution is -2.10. The molecule has 3 aromatic carbocycles. The van der Waals surface area contributed by atoms with E-state index in [1.807, 2.05) is 12.1 Å². The van der Waals surface area contributed by atoms with Crippen LogP contribution in [0.1, 0.15) is 78.1 Å². The molecule has 0 aromatic heterocycles. The minimum absolute atomic E-state index is 0.296. The number of carbonyl (C=O) groups excluding carboxylic acids is 3. The van der Waals surface area contributed by atoms with Gasteiger partial charge in [0.05, 0.1) is 31.5 Å². The zero-order chi connectivity index (χ0) is 30.9. The summed E-state index contributed by atoms with van der Waals surface area (Å²) in [6.07, 6.45) is 9.25. The Labute approximate surface area is 253 Å². The van der Waals surface area contributed by atoms with Crippen molar-refractivity contribution in [1.29, 1.82) is 0 Å². The molecule has 228 valence electrons. The van der Waals surface area contributed by atoms with Crippen LogP contribution < -0.4 is 18.9 Å². The summed E-state index contributed by atoms with van der Waals surface area (Å²) >= 11 is 0. The molecule has 0 atom stereocenters. The van der Waals surface area contributed by atoms with E-state index in [0.29, 0.717) is 47.3 Å². The molecule has 0 saturated heterocycles. The minimum Gasteiger partial charge on any atom is -0.493 e. The summed E-state index contributed by atoms with van der Waals surface area (Å²) in [6.45, 7) is 6.41. The number of unbranched alkanes of at least 4 members (excludes halogenated alkanes) is 6. The van der Waals surface area contributed by atoms with Crippen molar-refractivity contribution in [2.75, 3.05) is 20.3 Å². The van der Waals surface area contributed by atoms with Crippen LogP contribution in [0.2, 0.25) is 0 Å². The molecule has 0 saturated carbocycles. The van der Waals surface area contributed by atoms with Gasteiger partial charge in [0, 0.05) is 6.08 Å². The molecule has 0 amide bonds. The first kappa shape index (κ1) is 32.9. The maximum absolute atomic E-state index is 12.8. The van der Waals surface area contributed by atoms with Gasteiger partial charge >= 0.3 is 17.9 Å². The van der Waals surface area contributed by atoms with Crippen molar-refractivity contribution in [3.05, 3.63) is 96.1 Å². The van der Waals surface area contributed by atoms with E-state index in [-0.39, 0.29) is 5.97 Å². The number of esters is 3. The maximum atomic E-state index is 12.8. The largest absolute Gasteiger partial charge is 0.493 e. The van der Waals surface area contributed by atoms with Crippen LogP contribution >= 0.6 is 0 Å². The van der Waals surface area contributed by atoms with Gasteiger partial charge in [-0.2, -0.15) is 0 Å². The lowest BCUT2D eigenvalue weighted by molar-refractivity contribution is -0.137. The van der Waals surface area contributed by atoms with E-state index in [2.05, 4.69) is 13.5 Å². The summed E-state index contributed by atoms with van der Waals surface area (Å²) in [6, 6.07) is 18.5. The Bertz CT molecular complexity index is 1330. The summed E-state index contributed by atoms with van der Waals surface area (Å²) in [7, 11) is 1.52. The number of benzene rings is 3. The fourth-order valence-electron chi connectivity index (χ4n) is 4.20. The van der Waals surface area contributed by atoms with Crippen LogP contribution in [0.3, 0.4) is 0 Å². The summed E-state index contributed by atoms with van der Waals surface area (Å²) in [5, 5.41) is 0. The molecule has 8 heteroatoms. The number of hydrogen-bond donors (Lipinski definition) is 0. The molecule has 3 rings (SSSR count). The van der Waals surface area contributed by atoms with Crippen molar-refractivity contribution in [2.45, 2.75) is 58.3 Å². The van der Waals surface area contributed by atoms with Gasteiger partial charge in [0.1, 0.15) is 11.5 Å². The summed E-state index contributed by atoms with van der Waals surface area (Å²) in [5.41, 5.74) is 1.80. The van der Waals surface area contributed by atoms with Crippen LogP contribution in [0.5, 0.6) is 23.0 Å². The van der Waals surface area contributed by atoms with Crippen molar-refractivity contribution in [1.82, 2.24) is 0 Å². The number of methoxy groups -OCH3 is 1. The Morgan fingerprint density at radius 2 is 1.21 bits per heavy atom. The van der Waals surface area contributed by atoms with Crippen molar-refractivity contribution in [3.8, 4) is 23.0 Å². The molecule has 0 unspecified atom stereocenters. The zero-order valence-corrected chi connectivity index (χ0v) is 25.0. The average molecular weight is 589 g/mol. The first-order valence-corrected chi connectivity index (χ1v) is 14.7. The molecule has 3 aromatic rings. The third-order valence-corrected chi connectivity index (χ3v) is 6.70. The molecule has 43 heavy (non-hydrogen) atoms. The Balaban J connectivity index is 1.39. The van der Waals surface area contributed by atoms with Crippen LogP contribution in [0.25, 0.3) is 0 Å². The van der Waals surface area contributed by atoms with E-state index in [1.165, 1.54) is 13.2 Å². The van der Waals surface area contributed by atoms with Gasteiger partial charge in [0.25, 0.3) is 0 Å². The first-order chi connectivity index (χ1) is 20.9. The zero-order valence-electron chi connectivity index (χ0n) is 25.0. The van der Waals surface area contributed by atoms with Gasteiger partial charge in [-0.15, -0.1) is 0 Å². The van der Waals surface area contributed by atoms with Crippen LogP contribution in [-0.2, 0) is 16.0 Å². The lowest BCUT2D eigenvalue weighted by atomic mass is 10.1. The number of carbonyl (C=O) groups is 3. The molecule has 0 spiro atoms. The van der Waals surface area contributed by atoms with E-state index in [0.717, 1.165) is 56.9 Å². The molecule has 0 aliphatic carbocycles. The van der Waals surface area contributed by atoms with Gasteiger partial charge in [0.15, 0.2) is 11.5 Å². The standard InChI is InChI=1S/C35H40O8/c1-4-26-13-18-29(19-14-26)42-34(37)27-15-20-30(21-16-27)43-35(38)28-17-22-31(32(25-28)39-3)40-23-11-9-7-6-8-10-12-24-41-33(36)5-2/h5,13-22,25H,2,4,6-12,23-24H2,1,3H3. The van der Waals surface area contributed by atoms with Crippen LogP contribution in [0.4, 0.5) is 0 Å². The van der Waals surface area contributed by atoms with Gasteiger partial charge in [-0.3, -0.25) is 0 Å². The van der Waals surface area contributed by atoms with E-state index in [4.69, 9.17) is 23.7 Å². The van der Waals surface area contributed by atoms with Crippen molar-refractivity contribution in [3.63, 3.8) is 0 Å². The highest BCUT2D eigenvalue weighted by atomic mass is 16.5. The van der Waals surface area contributed by atoms with Gasteiger partial charge in [0.2, 0.25) is 0 Å². The summed E-state index contributed by atoms with van der Waals surface area (Å²) < 4.78 is 27.2. The molecular formula is C35H40O8. The Hall–Kier alpha value is -4.59. The SMILES string of the molecule is C=CC(=O)OCCCCCCCCCOc1ccc(C(=O)Oc2ccc(C(=O)Oc3ccc(CC)cc3)cc2)cc1OC. The molecule has 0 heterocycles. The van der Waals surface area contributed by atoms with E-state index in [1.54, 1.807) is 54.6 Å². The normalized spacial score (nSPS) is 10.5. The first-order valence-electron chi connectivity index (χ1n) is 14.7. The molecule has 0 N–H and O–H groups in total. The highest BCUT2D eigenvalue weighted by Gasteiger charge is 2.15. The lowest BCUT2D eigenvalue weighted by Gasteiger charge is -2.12. The summed E-state index contributed by atoms with van der Waals surface area (Å²) in [5.74, 6) is 0.330. The fraction of sp³-hybridized carbons (Fsp3) is 0.343. The molecule has 0 fully saturated rings. The highest BCUT2D eigenvalue weighted by Crippen LogP contribution is 2.29. The third kappa shape index (κ3) is 11.3. The van der Waals surface area contributed by atoms with E-state index in [9.17, 15) is 14.4 Å². The number of ether oxygens (including phenoxy) is 5. The van der Waals surface area contributed by atoms with Crippen molar-refractivity contribution in [2.24, 2.45) is 0 Å². The molecule has 0 aliphatic rings. The molecule has 0 aliphatic heterocycles. The average Bonchev–Trinajstić information content (AvgIpc) is 3.04. The van der Waals surface area contributed by atoms with Gasteiger partial charge in [-0.25, -0.2) is 14.4 Å². The van der Waals surface area contributed by atoms with Crippen molar-refractivity contribution < 1.29 is 38.1 Å². The summed E-state index contributed by atoms with van der Waals surface area (Å²) in [4.78, 5) is 36.2. The second-order valence-electron chi connectivity index (χ2n) is 9.86. The van der Waals surface area contributed by atoms with Crippen molar-refractivity contribution >= 4 is 17.9 Å². The number of aryl methyl sites for hydroxylation is 1.